The third kappa shape index (κ3) is 5.30. The molecule has 0 aliphatic heterocycles. The Hall–Kier alpha value is -2.53. The van der Waals surface area contributed by atoms with Gasteiger partial charge in [0.15, 0.2) is 11.5 Å². The summed E-state index contributed by atoms with van der Waals surface area (Å²) in [5, 5.41) is 4.50. The Labute approximate surface area is 139 Å². The number of hydrazone groups is 1. The summed E-state index contributed by atoms with van der Waals surface area (Å²) in [6.45, 7) is 1.80. The minimum atomic E-state index is -0.226. The standard InChI is InChI=1S/C17H17ClN2O3/c1-12(21)20-19-10-14-5-8-16(17(9-14)22-2)23-11-13-3-6-15(18)7-4-13/h3-10H,11H2,1-2H3,(H,20,21)/b19-10-. The molecule has 23 heavy (non-hydrogen) atoms. The van der Waals surface area contributed by atoms with Crippen molar-refractivity contribution in [3.8, 4) is 11.5 Å². The third-order valence-corrected chi connectivity index (χ3v) is 3.18. The predicted molar refractivity (Wildman–Crippen MR) is 90.2 cm³/mol. The molecule has 1 amide bonds. The van der Waals surface area contributed by atoms with Gasteiger partial charge < -0.3 is 9.47 Å². The summed E-state index contributed by atoms with van der Waals surface area (Å²) < 4.78 is 11.1. The normalized spacial score (nSPS) is 10.6. The monoisotopic (exact) mass is 332 g/mol. The summed E-state index contributed by atoms with van der Waals surface area (Å²) in [4.78, 5) is 10.8. The lowest BCUT2D eigenvalue weighted by Gasteiger charge is -2.11. The van der Waals surface area contributed by atoms with E-state index in [1.807, 2.05) is 30.3 Å². The first-order valence-corrected chi connectivity index (χ1v) is 7.31. The van der Waals surface area contributed by atoms with E-state index in [0.717, 1.165) is 11.1 Å². The van der Waals surface area contributed by atoms with E-state index in [0.29, 0.717) is 23.1 Å². The van der Waals surface area contributed by atoms with E-state index in [1.54, 1.807) is 19.2 Å². The second-order valence-corrected chi connectivity index (χ2v) is 5.19. The number of rotatable bonds is 6. The van der Waals surface area contributed by atoms with Crippen LogP contribution >= 0.6 is 11.6 Å². The maximum Gasteiger partial charge on any atom is 0.236 e. The lowest BCUT2D eigenvalue weighted by Crippen LogP contribution is -2.12. The van der Waals surface area contributed by atoms with Gasteiger partial charge in [0.1, 0.15) is 6.61 Å². The van der Waals surface area contributed by atoms with E-state index in [2.05, 4.69) is 10.5 Å². The van der Waals surface area contributed by atoms with Crippen LogP contribution in [0, 0.1) is 0 Å². The number of nitrogens with one attached hydrogen (secondary N) is 1. The molecule has 0 heterocycles. The van der Waals surface area contributed by atoms with Gasteiger partial charge in [-0.05, 0) is 41.5 Å². The lowest BCUT2D eigenvalue weighted by atomic mass is 10.2. The Balaban J connectivity index is 2.05. The van der Waals surface area contributed by atoms with Gasteiger partial charge in [-0.15, -0.1) is 0 Å². The topological polar surface area (TPSA) is 59.9 Å². The summed E-state index contributed by atoms with van der Waals surface area (Å²) in [6.07, 6.45) is 1.53. The Bertz CT molecular complexity index is 699. The number of amides is 1. The first-order chi connectivity index (χ1) is 11.1. The van der Waals surface area contributed by atoms with Crippen molar-refractivity contribution in [3.05, 3.63) is 58.6 Å². The van der Waals surface area contributed by atoms with Crippen LogP contribution in [-0.4, -0.2) is 19.2 Å². The van der Waals surface area contributed by atoms with Gasteiger partial charge in [-0.1, -0.05) is 23.7 Å². The van der Waals surface area contributed by atoms with Crippen LogP contribution in [0.2, 0.25) is 5.02 Å². The fourth-order valence-electron chi connectivity index (χ4n) is 1.82. The fourth-order valence-corrected chi connectivity index (χ4v) is 1.95. The number of ether oxygens (including phenoxy) is 2. The van der Waals surface area contributed by atoms with Gasteiger partial charge in [0.25, 0.3) is 0 Å². The van der Waals surface area contributed by atoms with Gasteiger partial charge in [-0.2, -0.15) is 5.10 Å². The van der Waals surface area contributed by atoms with Gasteiger partial charge >= 0.3 is 0 Å². The van der Waals surface area contributed by atoms with E-state index in [4.69, 9.17) is 21.1 Å². The zero-order valence-corrected chi connectivity index (χ0v) is 13.6. The van der Waals surface area contributed by atoms with Crippen LogP contribution in [0.15, 0.2) is 47.6 Å². The minimum Gasteiger partial charge on any atom is -0.493 e. The molecule has 1 N–H and O–H groups in total. The molecule has 120 valence electrons. The summed E-state index contributed by atoms with van der Waals surface area (Å²) >= 11 is 5.86. The minimum absolute atomic E-state index is 0.226. The number of halogens is 1. The second kappa shape index (κ2) is 8.19. The third-order valence-electron chi connectivity index (χ3n) is 2.93. The molecule has 0 aromatic heterocycles. The van der Waals surface area contributed by atoms with Crippen molar-refractivity contribution in [2.45, 2.75) is 13.5 Å². The number of methoxy groups -OCH3 is 1. The first kappa shape index (κ1) is 16.8. The molecule has 0 saturated heterocycles. The van der Waals surface area contributed by atoms with Gasteiger partial charge in [0, 0.05) is 11.9 Å². The fraction of sp³-hybridized carbons (Fsp3) is 0.176. The van der Waals surface area contributed by atoms with E-state index >= 15 is 0 Å². The molecule has 0 atom stereocenters. The summed E-state index contributed by atoms with van der Waals surface area (Å²) in [5.74, 6) is 0.987. The molecular weight excluding hydrogens is 316 g/mol. The quantitative estimate of drug-likeness (QED) is 0.651. The highest BCUT2D eigenvalue weighted by Gasteiger charge is 2.05. The average molecular weight is 333 g/mol. The molecule has 2 aromatic carbocycles. The molecule has 5 nitrogen and oxygen atoms in total. The van der Waals surface area contributed by atoms with E-state index in [1.165, 1.54) is 13.1 Å². The van der Waals surface area contributed by atoms with Gasteiger partial charge in [0.05, 0.1) is 13.3 Å². The molecule has 0 saturated carbocycles. The maximum absolute atomic E-state index is 10.8. The summed E-state index contributed by atoms with van der Waals surface area (Å²) in [5.41, 5.74) is 4.14. The number of carbonyl (C=O) groups is 1. The zero-order chi connectivity index (χ0) is 16.7. The molecule has 2 rings (SSSR count). The van der Waals surface area contributed by atoms with Crippen LogP contribution in [0.4, 0.5) is 0 Å². The van der Waals surface area contributed by atoms with Crippen molar-refractivity contribution in [2.75, 3.05) is 7.11 Å². The smallest absolute Gasteiger partial charge is 0.236 e. The van der Waals surface area contributed by atoms with Gasteiger partial charge in [-0.3, -0.25) is 4.79 Å². The van der Waals surface area contributed by atoms with Crippen LogP contribution in [0.1, 0.15) is 18.1 Å². The summed E-state index contributed by atoms with van der Waals surface area (Å²) in [6, 6.07) is 12.8. The lowest BCUT2D eigenvalue weighted by molar-refractivity contribution is -0.118. The van der Waals surface area contributed by atoms with Crippen molar-refractivity contribution in [3.63, 3.8) is 0 Å². The molecule has 0 fully saturated rings. The number of hydrogen-bond donors (Lipinski definition) is 1. The van der Waals surface area contributed by atoms with Crippen molar-refractivity contribution in [1.82, 2.24) is 5.43 Å². The highest BCUT2D eigenvalue weighted by Crippen LogP contribution is 2.28. The average Bonchev–Trinajstić information content (AvgIpc) is 2.54. The Morgan fingerprint density at radius 2 is 1.96 bits per heavy atom. The molecule has 0 aliphatic rings. The van der Waals surface area contributed by atoms with Crippen LogP contribution in [0.25, 0.3) is 0 Å². The molecule has 0 aliphatic carbocycles. The Morgan fingerprint density at radius 3 is 2.61 bits per heavy atom. The van der Waals surface area contributed by atoms with Crippen molar-refractivity contribution >= 4 is 23.7 Å². The van der Waals surface area contributed by atoms with Crippen LogP contribution in [0.5, 0.6) is 11.5 Å². The number of carbonyl (C=O) groups excluding carboxylic acids is 1. The van der Waals surface area contributed by atoms with Crippen LogP contribution < -0.4 is 14.9 Å². The van der Waals surface area contributed by atoms with E-state index < -0.39 is 0 Å². The molecule has 2 aromatic rings. The number of benzene rings is 2. The zero-order valence-electron chi connectivity index (χ0n) is 12.9. The highest BCUT2D eigenvalue weighted by molar-refractivity contribution is 6.30. The SMILES string of the molecule is COc1cc(/C=N\NC(C)=O)ccc1OCc1ccc(Cl)cc1. The molecule has 0 spiro atoms. The first-order valence-electron chi connectivity index (χ1n) is 6.93. The van der Waals surface area contributed by atoms with Crippen LogP contribution in [0.3, 0.4) is 0 Å². The predicted octanol–water partition coefficient (Wildman–Crippen LogP) is 3.40. The molecular formula is C17H17ClN2O3. The highest BCUT2D eigenvalue weighted by atomic mass is 35.5. The molecule has 0 radical (unpaired) electrons. The van der Waals surface area contributed by atoms with Gasteiger partial charge in [0.2, 0.25) is 5.91 Å². The summed E-state index contributed by atoms with van der Waals surface area (Å²) in [7, 11) is 1.57. The van der Waals surface area contributed by atoms with Crippen molar-refractivity contribution < 1.29 is 14.3 Å². The molecule has 6 heteroatoms. The Morgan fingerprint density at radius 1 is 1.22 bits per heavy atom. The number of nitrogens with zero attached hydrogens (tertiary/aromatic N) is 1. The van der Waals surface area contributed by atoms with Crippen LogP contribution in [-0.2, 0) is 11.4 Å². The van der Waals surface area contributed by atoms with Crippen molar-refractivity contribution in [2.24, 2.45) is 5.10 Å². The maximum atomic E-state index is 10.8. The Kier molecular flexibility index (Phi) is 6.00. The van der Waals surface area contributed by atoms with Gasteiger partial charge in [-0.25, -0.2) is 5.43 Å². The van der Waals surface area contributed by atoms with E-state index in [9.17, 15) is 4.79 Å². The largest absolute Gasteiger partial charge is 0.493 e. The van der Waals surface area contributed by atoms with Crippen molar-refractivity contribution in [1.29, 1.82) is 0 Å². The molecule has 0 unspecified atom stereocenters. The number of hydrogen-bond acceptors (Lipinski definition) is 4. The molecule has 0 bridgehead atoms. The van der Waals surface area contributed by atoms with E-state index in [-0.39, 0.29) is 5.91 Å². The second-order valence-electron chi connectivity index (χ2n) is 4.75.